The molecule has 0 aromatic carbocycles. The van der Waals surface area contributed by atoms with Crippen LogP contribution in [0.25, 0.3) is 0 Å². The third-order valence-electron chi connectivity index (χ3n) is 4.66. The maximum absolute atomic E-state index is 12.5. The lowest BCUT2D eigenvalue weighted by molar-refractivity contribution is -0.136. The number of likely N-dealkylation sites (tertiary alicyclic amines) is 1. The van der Waals surface area contributed by atoms with E-state index in [9.17, 15) is 4.79 Å². The van der Waals surface area contributed by atoms with Crippen LogP contribution in [0, 0.1) is 0 Å². The molecule has 5 heteroatoms. The first kappa shape index (κ1) is 15.7. The number of rotatable bonds is 5. The Bertz CT molecular complexity index is 303. The lowest BCUT2D eigenvalue weighted by Gasteiger charge is -2.38. The van der Waals surface area contributed by atoms with Gasteiger partial charge in [0.25, 0.3) is 0 Å². The van der Waals surface area contributed by atoms with Gasteiger partial charge in [0.05, 0.1) is 13.2 Å². The van der Waals surface area contributed by atoms with Gasteiger partial charge in [0.1, 0.15) is 0 Å². The molecule has 0 aliphatic carbocycles. The van der Waals surface area contributed by atoms with E-state index >= 15 is 0 Å². The molecule has 0 aromatic heterocycles. The summed E-state index contributed by atoms with van der Waals surface area (Å²) in [5.74, 6) is 0.312. The van der Waals surface area contributed by atoms with Crippen molar-refractivity contribution in [2.45, 2.75) is 38.6 Å². The first-order valence-corrected chi connectivity index (χ1v) is 8.09. The van der Waals surface area contributed by atoms with Crippen LogP contribution in [0.1, 0.15) is 32.6 Å². The Labute approximate surface area is 122 Å². The molecular formula is C15H29N3O2. The van der Waals surface area contributed by atoms with Crippen LogP contribution in [-0.4, -0.2) is 84.2 Å². The van der Waals surface area contributed by atoms with E-state index in [1.54, 1.807) is 0 Å². The molecular weight excluding hydrogens is 254 g/mol. The quantitative estimate of drug-likeness (QED) is 0.793. The summed E-state index contributed by atoms with van der Waals surface area (Å²) in [6.07, 6.45) is 4.68. The molecule has 20 heavy (non-hydrogen) atoms. The molecule has 2 aliphatic rings. The summed E-state index contributed by atoms with van der Waals surface area (Å²) in [5.41, 5.74) is 0. The van der Waals surface area contributed by atoms with Gasteiger partial charge in [-0.3, -0.25) is 14.6 Å². The van der Waals surface area contributed by atoms with Gasteiger partial charge in [0, 0.05) is 45.3 Å². The Balaban J connectivity index is 1.77. The fourth-order valence-corrected chi connectivity index (χ4v) is 3.35. The van der Waals surface area contributed by atoms with Gasteiger partial charge in [0.2, 0.25) is 5.91 Å². The molecule has 2 fully saturated rings. The number of nitrogens with zero attached hydrogens (tertiary/aromatic N) is 3. The number of β-amino-alcohol motifs (C(OH)–C–C–N with tert-alkyl or cyclic N) is 1. The molecule has 2 heterocycles. The Morgan fingerprint density at radius 3 is 2.45 bits per heavy atom. The molecule has 1 N–H and O–H groups in total. The number of piperazine rings is 1. The monoisotopic (exact) mass is 283 g/mol. The highest BCUT2D eigenvalue weighted by atomic mass is 16.3. The first-order valence-electron chi connectivity index (χ1n) is 8.09. The zero-order valence-electron chi connectivity index (χ0n) is 12.8. The van der Waals surface area contributed by atoms with Crippen LogP contribution in [0.15, 0.2) is 0 Å². The SMILES string of the molecule is CCC1CCCCN1C(=O)CN1CCN(CCO)CC1. The van der Waals surface area contributed by atoms with Crippen molar-refractivity contribution < 1.29 is 9.90 Å². The molecule has 2 saturated heterocycles. The van der Waals surface area contributed by atoms with E-state index in [1.807, 2.05) is 0 Å². The molecule has 0 aromatic rings. The molecule has 1 amide bonds. The zero-order chi connectivity index (χ0) is 14.4. The molecule has 0 bridgehead atoms. The minimum atomic E-state index is 0.227. The Kier molecular flexibility index (Phi) is 6.26. The molecule has 0 saturated carbocycles. The summed E-state index contributed by atoms with van der Waals surface area (Å²) in [6, 6.07) is 0.465. The maximum Gasteiger partial charge on any atom is 0.236 e. The normalized spacial score (nSPS) is 25.9. The van der Waals surface area contributed by atoms with E-state index in [0.717, 1.165) is 52.1 Å². The number of aliphatic hydroxyl groups excluding tert-OH is 1. The summed E-state index contributed by atoms with van der Waals surface area (Å²) in [6.45, 7) is 8.49. The highest BCUT2D eigenvalue weighted by Crippen LogP contribution is 2.19. The van der Waals surface area contributed by atoms with E-state index < -0.39 is 0 Å². The van der Waals surface area contributed by atoms with Crippen LogP contribution < -0.4 is 0 Å². The maximum atomic E-state index is 12.5. The predicted molar refractivity (Wildman–Crippen MR) is 79.6 cm³/mol. The number of carbonyl (C=O) groups excluding carboxylic acids is 1. The summed E-state index contributed by atoms with van der Waals surface area (Å²) >= 11 is 0. The second-order valence-electron chi connectivity index (χ2n) is 5.99. The van der Waals surface area contributed by atoms with Gasteiger partial charge >= 0.3 is 0 Å². The predicted octanol–water partition coefficient (Wildman–Crippen LogP) is 0.387. The van der Waals surface area contributed by atoms with Crippen molar-refractivity contribution in [1.29, 1.82) is 0 Å². The van der Waals surface area contributed by atoms with Crippen molar-refractivity contribution in [2.24, 2.45) is 0 Å². The third kappa shape index (κ3) is 4.17. The van der Waals surface area contributed by atoms with Gasteiger partial charge < -0.3 is 10.0 Å². The average molecular weight is 283 g/mol. The van der Waals surface area contributed by atoms with Crippen LogP contribution in [-0.2, 0) is 4.79 Å². The number of carbonyl (C=O) groups is 1. The standard InChI is InChI=1S/C15H29N3O2/c1-2-14-5-3-4-6-18(14)15(20)13-17-9-7-16(8-10-17)11-12-19/h14,19H,2-13H2,1H3. The van der Waals surface area contributed by atoms with E-state index in [2.05, 4.69) is 21.6 Å². The Hall–Kier alpha value is -0.650. The van der Waals surface area contributed by atoms with E-state index in [4.69, 9.17) is 5.11 Å². The Morgan fingerprint density at radius 1 is 1.10 bits per heavy atom. The van der Waals surface area contributed by atoms with Crippen LogP contribution >= 0.6 is 0 Å². The van der Waals surface area contributed by atoms with Crippen LogP contribution in [0.3, 0.4) is 0 Å². The molecule has 2 aliphatic heterocycles. The molecule has 1 atom stereocenters. The Morgan fingerprint density at radius 2 is 1.80 bits per heavy atom. The topological polar surface area (TPSA) is 47.0 Å². The van der Waals surface area contributed by atoms with E-state index in [1.165, 1.54) is 12.8 Å². The third-order valence-corrected chi connectivity index (χ3v) is 4.66. The fraction of sp³-hybridized carbons (Fsp3) is 0.933. The largest absolute Gasteiger partial charge is 0.395 e. The smallest absolute Gasteiger partial charge is 0.236 e. The minimum Gasteiger partial charge on any atom is -0.395 e. The van der Waals surface area contributed by atoms with Crippen LogP contribution in [0.5, 0.6) is 0 Å². The van der Waals surface area contributed by atoms with E-state index in [-0.39, 0.29) is 6.61 Å². The van der Waals surface area contributed by atoms with Crippen LogP contribution in [0.4, 0.5) is 0 Å². The van der Waals surface area contributed by atoms with Crippen molar-refractivity contribution in [3.8, 4) is 0 Å². The van der Waals surface area contributed by atoms with Gasteiger partial charge in [-0.25, -0.2) is 0 Å². The fourth-order valence-electron chi connectivity index (χ4n) is 3.35. The second-order valence-corrected chi connectivity index (χ2v) is 5.99. The summed E-state index contributed by atoms with van der Waals surface area (Å²) in [7, 11) is 0. The van der Waals surface area contributed by atoms with Gasteiger partial charge in [-0.05, 0) is 25.7 Å². The number of aliphatic hydroxyl groups is 1. The number of hydrogen-bond acceptors (Lipinski definition) is 4. The number of hydrogen-bond donors (Lipinski definition) is 1. The molecule has 5 nitrogen and oxygen atoms in total. The number of piperidine rings is 1. The highest BCUT2D eigenvalue weighted by molar-refractivity contribution is 5.78. The van der Waals surface area contributed by atoms with Crippen molar-refractivity contribution in [3.05, 3.63) is 0 Å². The van der Waals surface area contributed by atoms with Gasteiger partial charge in [-0.15, -0.1) is 0 Å². The molecule has 0 radical (unpaired) electrons. The summed E-state index contributed by atoms with van der Waals surface area (Å²) in [4.78, 5) is 19.1. The summed E-state index contributed by atoms with van der Waals surface area (Å²) in [5, 5.41) is 8.94. The lowest BCUT2D eigenvalue weighted by Crippen LogP contribution is -2.52. The lowest BCUT2D eigenvalue weighted by atomic mass is 10.00. The molecule has 116 valence electrons. The highest BCUT2D eigenvalue weighted by Gasteiger charge is 2.27. The van der Waals surface area contributed by atoms with Crippen LogP contribution in [0.2, 0.25) is 0 Å². The molecule has 0 spiro atoms. The first-order chi connectivity index (χ1) is 9.74. The molecule has 2 rings (SSSR count). The van der Waals surface area contributed by atoms with Gasteiger partial charge in [-0.2, -0.15) is 0 Å². The second kappa shape index (κ2) is 7.96. The van der Waals surface area contributed by atoms with Crippen molar-refractivity contribution in [3.63, 3.8) is 0 Å². The number of amides is 1. The van der Waals surface area contributed by atoms with Crippen molar-refractivity contribution in [1.82, 2.24) is 14.7 Å². The minimum absolute atomic E-state index is 0.227. The van der Waals surface area contributed by atoms with Gasteiger partial charge in [0.15, 0.2) is 0 Å². The molecule has 1 unspecified atom stereocenters. The van der Waals surface area contributed by atoms with E-state index in [0.29, 0.717) is 18.5 Å². The average Bonchev–Trinajstić information content (AvgIpc) is 2.49. The summed E-state index contributed by atoms with van der Waals surface area (Å²) < 4.78 is 0. The van der Waals surface area contributed by atoms with Crippen molar-refractivity contribution in [2.75, 3.05) is 52.4 Å². The zero-order valence-corrected chi connectivity index (χ0v) is 12.8. The van der Waals surface area contributed by atoms with Gasteiger partial charge in [-0.1, -0.05) is 6.92 Å². The van der Waals surface area contributed by atoms with Crippen molar-refractivity contribution >= 4 is 5.91 Å².